The van der Waals surface area contributed by atoms with Crippen LogP contribution in [-0.4, -0.2) is 4.68 Å². The third kappa shape index (κ3) is 1.44. The van der Waals surface area contributed by atoms with Crippen molar-refractivity contribution in [2.75, 3.05) is 5.84 Å². The topological polar surface area (TPSA) is 30.9 Å². The van der Waals surface area contributed by atoms with Gasteiger partial charge < -0.3 is 5.84 Å². The number of aromatic nitrogens is 1. The normalized spacial score (nSPS) is 11.0. The van der Waals surface area contributed by atoms with E-state index in [0.29, 0.717) is 0 Å². The van der Waals surface area contributed by atoms with Crippen molar-refractivity contribution in [2.24, 2.45) is 0 Å². The lowest BCUT2D eigenvalue weighted by molar-refractivity contribution is 1.05. The summed E-state index contributed by atoms with van der Waals surface area (Å²) in [6.45, 7) is 7.49. The number of benzene rings is 1. The van der Waals surface area contributed by atoms with Gasteiger partial charge in [0.25, 0.3) is 0 Å². The van der Waals surface area contributed by atoms with Gasteiger partial charge in [-0.05, 0) is 12.1 Å². The Bertz CT molecular complexity index is 574. The van der Waals surface area contributed by atoms with E-state index in [1.165, 1.54) is 0 Å². The fraction of sp³-hybridized carbons (Fsp3) is 0. The van der Waals surface area contributed by atoms with Crippen molar-refractivity contribution in [1.29, 1.82) is 0 Å². The molecule has 0 radical (unpaired) electrons. The summed E-state index contributed by atoms with van der Waals surface area (Å²) in [5, 5.41) is 1.11. The molecule has 0 saturated carbocycles. The molecule has 1 aromatic carbocycles. The van der Waals surface area contributed by atoms with Crippen molar-refractivity contribution in [3.8, 4) is 0 Å². The summed E-state index contributed by atoms with van der Waals surface area (Å²) in [5.74, 6) is 6.04. The minimum absolute atomic E-state index is 0.941. The van der Waals surface area contributed by atoms with E-state index < -0.39 is 0 Å². The number of nitrogens with two attached hydrogens (primary N) is 1. The summed E-state index contributed by atoms with van der Waals surface area (Å²) in [4.78, 5) is 0. The van der Waals surface area contributed by atoms with Gasteiger partial charge in [0.1, 0.15) is 0 Å². The third-order valence-electron chi connectivity index (χ3n) is 2.58. The van der Waals surface area contributed by atoms with Crippen molar-refractivity contribution in [1.82, 2.24) is 4.68 Å². The summed E-state index contributed by atoms with van der Waals surface area (Å²) in [7, 11) is 0. The van der Waals surface area contributed by atoms with E-state index in [9.17, 15) is 0 Å². The van der Waals surface area contributed by atoms with Crippen LogP contribution in [0.15, 0.2) is 49.6 Å². The number of hydrogen-bond acceptors (Lipinski definition) is 1. The second-order valence-electron chi connectivity index (χ2n) is 3.49. The number of rotatable bonds is 3. The van der Waals surface area contributed by atoms with Crippen LogP contribution in [0.25, 0.3) is 23.1 Å². The van der Waals surface area contributed by atoms with Crippen LogP contribution in [0.5, 0.6) is 0 Å². The van der Waals surface area contributed by atoms with Gasteiger partial charge in [-0.2, -0.15) is 0 Å². The van der Waals surface area contributed by atoms with E-state index in [1.54, 1.807) is 10.8 Å². The highest BCUT2D eigenvalue weighted by Gasteiger charge is 2.09. The second-order valence-corrected chi connectivity index (χ2v) is 3.49. The maximum absolute atomic E-state index is 6.04. The minimum atomic E-state index is 0.941. The van der Waals surface area contributed by atoms with E-state index in [4.69, 9.17) is 5.84 Å². The highest BCUT2D eigenvalue weighted by Crippen LogP contribution is 2.26. The summed E-state index contributed by atoms with van der Waals surface area (Å²) >= 11 is 0. The quantitative estimate of drug-likeness (QED) is 0.612. The van der Waals surface area contributed by atoms with Gasteiger partial charge in [-0.3, -0.25) is 4.68 Å². The van der Waals surface area contributed by atoms with E-state index in [2.05, 4.69) is 13.2 Å². The maximum Gasteiger partial charge on any atom is 0.0703 e. The van der Waals surface area contributed by atoms with Crippen LogP contribution >= 0.6 is 0 Å². The lowest BCUT2D eigenvalue weighted by Crippen LogP contribution is -2.09. The highest BCUT2D eigenvalue weighted by molar-refractivity contribution is 5.93. The Morgan fingerprint density at radius 1 is 1.19 bits per heavy atom. The lowest BCUT2D eigenvalue weighted by atomic mass is 10.1. The molecule has 0 unspecified atom stereocenters. The lowest BCUT2D eigenvalue weighted by Gasteiger charge is -1.99. The number of allylic oxidation sites excluding steroid dienone is 2. The Morgan fingerprint density at radius 2 is 1.94 bits per heavy atom. The average molecular weight is 210 g/mol. The highest BCUT2D eigenvalue weighted by atomic mass is 15.3. The Kier molecular flexibility index (Phi) is 2.64. The molecular weight excluding hydrogens is 196 g/mol. The first kappa shape index (κ1) is 10.3. The van der Waals surface area contributed by atoms with Crippen LogP contribution in [0.2, 0.25) is 0 Å². The average Bonchev–Trinajstić information content (AvgIpc) is 2.60. The van der Waals surface area contributed by atoms with Crippen LogP contribution < -0.4 is 5.84 Å². The third-order valence-corrected chi connectivity index (χ3v) is 2.58. The van der Waals surface area contributed by atoms with E-state index in [-0.39, 0.29) is 0 Å². The molecule has 0 atom stereocenters. The van der Waals surface area contributed by atoms with Crippen molar-refractivity contribution in [3.05, 3.63) is 60.8 Å². The summed E-state index contributed by atoms with van der Waals surface area (Å²) in [5.41, 5.74) is 2.99. The molecule has 1 heterocycles. The molecule has 80 valence electrons. The number of nitrogens with zero attached hydrogens (tertiary/aromatic N) is 1. The molecule has 0 amide bonds. The minimum Gasteiger partial charge on any atom is -0.339 e. The van der Waals surface area contributed by atoms with Gasteiger partial charge in [0, 0.05) is 10.9 Å². The Morgan fingerprint density at radius 3 is 2.62 bits per heavy atom. The molecule has 1 aromatic heterocycles. The van der Waals surface area contributed by atoms with Crippen LogP contribution in [0, 0.1) is 0 Å². The predicted molar refractivity (Wildman–Crippen MR) is 71.4 cm³/mol. The molecule has 2 nitrogen and oxygen atoms in total. The standard InChI is InChI=1S/C14H14N2/c1-3-5-9-13-11(4-2)12-8-6-7-10-14(12)16(13)15/h3-10H,1-2,15H2/b9-5-. The zero-order chi connectivity index (χ0) is 11.5. The first-order chi connectivity index (χ1) is 7.79. The van der Waals surface area contributed by atoms with Crippen LogP contribution in [0.1, 0.15) is 11.3 Å². The summed E-state index contributed by atoms with van der Waals surface area (Å²) < 4.78 is 1.67. The maximum atomic E-state index is 6.04. The van der Waals surface area contributed by atoms with Crippen LogP contribution in [0.3, 0.4) is 0 Å². The number of para-hydroxylation sites is 1. The van der Waals surface area contributed by atoms with Crippen molar-refractivity contribution in [3.63, 3.8) is 0 Å². The summed E-state index contributed by atoms with van der Waals surface area (Å²) in [6, 6.07) is 8.00. The first-order valence-corrected chi connectivity index (χ1v) is 5.09. The number of fused-ring (bicyclic) bond motifs is 1. The molecule has 0 aliphatic rings. The van der Waals surface area contributed by atoms with Crippen molar-refractivity contribution >= 4 is 23.1 Å². The van der Waals surface area contributed by atoms with Gasteiger partial charge >= 0.3 is 0 Å². The zero-order valence-electron chi connectivity index (χ0n) is 9.06. The molecular formula is C14H14N2. The van der Waals surface area contributed by atoms with Gasteiger partial charge in [0.2, 0.25) is 0 Å². The predicted octanol–water partition coefficient (Wildman–Crippen LogP) is 3.20. The van der Waals surface area contributed by atoms with Gasteiger partial charge in [-0.25, -0.2) is 0 Å². The number of hydrogen-bond donors (Lipinski definition) is 1. The van der Waals surface area contributed by atoms with E-state index in [0.717, 1.165) is 22.2 Å². The molecule has 0 aliphatic heterocycles. The van der Waals surface area contributed by atoms with E-state index in [1.807, 2.05) is 42.5 Å². The van der Waals surface area contributed by atoms with Gasteiger partial charge in [0.05, 0.1) is 11.2 Å². The van der Waals surface area contributed by atoms with Gasteiger partial charge in [-0.1, -0.05) is 49.6 Å². The van der Waals surface area contributed by atoms with Gasteiger partial charge in [-0.15, -0.1) is 0 Å². The Labute approximate surface area is 95.0 Å². The molecule has 0 fully saturated rings. The molecule has 2 heteroatoms. The smallest absolute Gasteiger partial charge is 0.0703 e. The Hall–Kier alpha value is -2.22. The Balaban J connectivity index is 2.81. The summed E-state index contributed by atoms with van der Waals surface area (Å²) in [6.07, 6.45) is 7.35. The molecule has 2 N–H and O–H groups in total. The van der Waals surface area contributed by atoms with Gasteiger partial charge in [0.15, 0.2) is 0 Å². The molecule has 0 bridgehead atoms. The van der Waals surface area contributed by atoms with Crippen molar-refractivity contribution in [2.45, 2.75) is 0 Å². The molecule has 2 rings (SSSR count). The monoisotopic (exact) mass is 210 g/mol. The fourth-order valence-corrected chi connectivity index (χ4v) is 1.85. The van der Waals surface area contributed by atoms with Crippen molar-refractivity contribution < 1.29 is 0 Å². The molecule has 2 aromatic rings. The first-order valence-electron chi connectivity index (χ1n) is 5.09. The molecule has 0 saturated heterocycles. The van der Waals surface area contributed by atoms with Crippen LogP contribution in [0.4, 0.5) is 0 Å². The van der Waals surface area contributed by atoms with E-state index >= 15 is 0 Å². The molecule has 16 heavy (non-hydrogen) atoms. The SMILES string of the molecule is C=C/C=C\c1c(C=C)c2ccccc2n1N. The molecule has 0 spiro atoms. The number of nitrogen functional groups attached to an aromatic ring is 1. The largest absolute Gasteiger partial charge is 0.339 e. The fourth-order valence-electron chi connectivity index (χ4n) is 1.85. The molecule has 0 aliphatic carbocycles. The van der Waals surface area contributed by atoms with Crippen LogP contribution in [-0.2, 0) is 0 Å². The second kappa shape index (κ2) is 4.11. The zero-order valence-corrected chi connectivity index (χ0v) is 9.06.